The normalized spacial score (nSPS) is 11.2. The Hall–Kier alpha value is -0.820. The summed E-state index contributed by atoms with van der Waals surface area (Å²) in [6, 6.07) is 10.7. The van der Waals surface area contributed by atoms with Gasteiger partial charge in [0.25, 0.3) is 0 Å². The average molecular weight is 416 g/mol. The van der Waals surface area contributed by atoms with Gasteiger partial charge < -0.3 is 5.32 Å². The van der Waals surface area contributed by atoms with Crippen LogP contribution in [0.25, 0.3) is 0 Å². The molecule has 1 N–H and O–H groups in total. The van der Waals surface area contributed by atoms with Gasteiger partial charge in [0.2, 0.25) is 0 Å². The van der Waals surface area contributed by atoms with E-state index in [1.807, 2.05) is 0 Å². The first-order valence-corrected chi connectivity index (χ1v) is 13.7. The van der Waals surface area contributed by atoms with Crippen molar-refractivity contribution >= 4 is 0 Å². The lowest BCUT2D eigenvalue weighted by Gasteiger charge is -2.05. The third kappa shape index (κ3) is 19.2. The second-order valence-corrected chi connectivity index (χ2v) is 9.38. The van der Waals surface area contributed by atoms with Crippen molar-refractivity contribution in [1.29, 1.82) is 0 Å². The minimum atomic E-state index is 1.01. The third-order valence-electron chi connectivity index (χ3n) is 6.38. The SMILES string of the molecule is CCCCCCCCCCCCCCCCCCCCCCNCc1ccccc1. The molecule has 0 aromatic heterocycles. The van der Waals surface area contributed by atoms with Crippen LogP contribution >= 0.6 is 0 Å². The minimum Gasteiger partial charge on any atom is -0.313 e. The first kappa shape index (κ1) is 27.2. The maximum atomic E-state index is 3.56. The standard InChI is InChI=1S/C29H53N/c1-2-3-4-5-6-7-8-9-10-11-12-13-14-15-16-17-18-19-20-24-27-30-28-29-25-22-21-23-26-29/h21-23,25-26,30H,2-20,24,27-28H2,1H3. The molecular formula is C29H53N. The van der Waals surface area contributed by atoms with Crippen LogP contribution in [0.3, 0.4) is 0 Å². The molecule has 0 unspecified atom stereocenters. The summed E-state index contributed by atoms with van der Waals surface area (Å²) < 4.78 is 0. The van der Waals surface area contributed by atoms with E-state index < -0.39 is 0 Å². The molecule has 0 heterocycles. The molecule has 174 valence electrons. The molecule has 0 saturated heterocycles. The first-order chi connectivity index (χ1) is 14.9. The van der Waals surface area contributed by atoms with Gasteiger partial charge in [-0.25, -0.2) is 0 Å². The van der Waals surface area contributed by atoms with E-state index in [1.165, 1.54) is 134 Å². The van der Waals surface area contributed by atoms with Gasteiger partial charge in [0.05, 0.1) is 0 Å². The van der Waals surface area contributed by atoms with E-state index in [9.17, 15) is 0 Å². The fourth-order valence-corrected chi connectivity index (χ4v) is 4.33. The van der Waals surface area contributed by atoms with E-state index >= 15 is 0 Å². The van der Waals surface area contributed by atoms with Crippen LogP contribution in [-0.2, 0) is 6.54 Å². The summed E-state index contributed by atoms with van der Waals surface area (Å²) in [6.07, 6.45) is 29.0. The Morgan fingerprint density at radius 3 is 1.23 bits per heavy atom. The van der Waals surface area contributed by atoms with Crippen molar-refractivity contribution in [3.8, 4) is 0 Å². The monoisotopic (exact) mass is 415 g/mol. The molecule has 30 heavy (non-hydrogen) atoms. The minimum absolute atomic E-state index is 1.01. The van der Waals surface area contributed by atoms with Gasteiger partial charge in [0.1, 0.15) is 0 Å². The number of hydrogen-bond donors (Lipinski definition) is 1. The molecule has 1 heteroatoms. The molecule has 0 saturated carbocycles. The highest BCUT2D eigenvalue weighted by Gasteiger charge is 1.96. The summed E-state index contributed by atoms with van der Waals surface area (Å²) in [5, 5.41) is 3.56. The van der Waals surface area contributed by atoms with E-state index in [4.69, 9.17) is 0 Å². The van der Waals surface area contributed by atoms with Gasteiger partial charge in [-0.3, -0.25) is 0 Å². The average Bonchev–Trinajstić information content (AvgIpc) is 2.78. The Bertz CT molecular complexity index is 427. The Kier molecular flexibility index (Phi) is 20.7. The second-order valence-electron chi connectivity index (χ2n) is 9.38. The zero-order chi connectivity index (χ0) is 21.4. The van der Waals surface area contributed by atoms with Crippen LogP contribution in [0.2, 0.25) is 0 Å². The van der Waals surface area contributed by atoms with Gasteiger partial charge >= 0.3 is 0 Å². The predicted molar refractivity (Wildman–Crippen MR) is 136 cm³/mol. The molecule has 1 aromatic rings. The maximum absolute atomic E-state index is 3.56. The molecule has 1 rings (SSSR count). The van der Waals surface area contributed by atoms with E-state index in [0.29, 0.717) is 0 Å². The van der Waals surface area contributed by atoms with Crippen LogP contribution in [0, 0.1) is 0 Å². The molecule has 1 nitrogen and oxygen atoms in total. The van der Waals surface area contributed by atoms with Gasteiger partial charge in [-0.15, -0.1) is 0 Å². The summed E-state index contributed by atoms with van der Waals surface area (Å²) >= 11 is 0. The van der Waals surface area contributed by atoms with Gasteiger partial charge in [0.15, 0.2) is 0 Å². The summed E-state index contributed by atoms with van der Waals surface area (Å²) in [6.45, 7) is 4.48. The predicted octanol–water partition coefficient (Wildman–Crippen LogP) is 9.60. The van der Waals surface area contributed by atoms with Crippen LogP contribution in [0.5, 0.6) is 0 Å². The number of benzene rings is 1. The zero-order valence-electron chi connectivity index (χ0n) is 20.4. The molecule has 0 amide bonds. The fraction of sp³-hybridized carbons (Fsp3) is 0.793. The molecule has 0 aliphatic heterocycles. The van der Waals surface area contributed by atoms with E-state index in [2.05, 4.69) is 42.6 Å². The zero-order valence-corrected chi connectivity index (χ0v) is 20.4. The quantitative estimate of drug-likeness (QED) is 0.175. The van der Waals surface area contributed by atoms with Crippen molar-refractivity contribution in [3.05, 3.63) is 35.9 Å². The number of unbranched alkanes of at least 4 members (excludes halogenated alkanes) is 19. The molecule has 1 aromatic carbocycles. The van der Waals surface area contributed by atoms with Crippen LogP contribution in [0.4, 0.5) is 0 Å². The molecule has 0 bridgehead atoms. The molecule has 0 radical (unpaired) electrons. The van der Waals surface area contributed by atoms with Crippen LogP contribution in [0.1, 0.15) is 141 Å². The smallest absolute Gasteiger partial charge is 0.0205 e. The highest BCUT2D eigenvalue weighted by atomic mass is 14.8. The molecule has 0 aliphatic rings. The van der Waals surface area contributed by atoms with Gasteiger partial charge in [-0.1, -0.05) is 159 Å². The van der Waals surface area contributed by atoms with Crippen LogP contribution < -0.4 is 5.32 Å². The molecule has 0 aliphatic carbocycles. The maximum Gasteiger partial charge on any atom is 0.0205 e. The summed E-state index contributed by atoms with van der Waals surface area (Å²) in [5.74, 6) is 0. The highest BCUT2D eigenvalue weighted by Crippen LogP contribution is 2.14. The largest absolute Gasteiger partial charge is 0.313 e. The first-order valence-electron chi connectivity index (χ1n) is 13.7. The lowest BCUT2D eigenvalue weighted by atomic mass is 10.0. The fourth-order valence-electron chi connectivity index (χ4n) is 4.33. The van der Waals surface area contributed by atoms with Crippen LogP contribution in [-0.4, -0.2) is 6.54 Å². The van der Waals surface area contributed by atoms with Gasteiger partial charge in [-0.2, -0.15) is 0 Å². The highest BCUT2D eigenvalue weighted by molar-refractivity contribution is 5.14. The van der Waals surface area contributed by atoms with Crippen molar-refractivity contribution < 1.29 is 0 Å². The van der Waals surface area contributed by atoms with E-state index in [0.717, 1.165) is 13.1 Å². The number of nitrogens with one attached hydrogen (secondary N) is 1. The Morgan fingerprint density at radius 1 is 0.467 bits per heavy atom. The van der Waals surface area contributed by atoms with Crippen molar-refractivity contribution in [2.24, 2.45) is 0 Å². The Morgan fingerprint density at radius 2 is 0.833 bits per heavy atom. The van der Waals surface area contributed by atoms with Crippen molar-refractivity contribution in [2.45, 2.75) is 142 Å². The van der Waals surface area contributed by atoms with E-state index in [1.54, 1.807) is 0 Å². The molecule has 0 atom stereocenters. The third-order valence-corrected chi connectivity index (χ3v) is 6.38. The molecular weight excluding hydrogens is 362 g/mol. The lowest BCUT2D eigenvalue weighted by Crippen LogP contribution is -2.14. The van der Waals surface area contributed by atoms with E-state index in [-0.39, 0.29) is 0 Å². The molecule has 0 fully saturated rings. The van der Waals surface area contributed by atoms with Crippen molar-refractivity contribution in [2.75, 3.05) is 6.54 Å². The lowest BCUT2D eigenvalue weighted by molar-refractivity contribution is 0.519. The van der Waals surface area contributed by atoms with Crippen molar-refractivity contribution in [3.63, 3.8) is 0 Å². The van der Waals surface area contributed by atoms with Crippen molar-refractivity contribution in [1.82, 2.24) is 5.32 Å². The summed E-state index contributed by atoms with van der Waals surface area (Å²) in [4.78, 5) is 0. The van der Waals surface area contributed by atoms with Crippen LogP contribution in [0.15, 0.2) is 30.3 Å². The topological polar surface area (TPSA) is 12.0 Å². The Labute approximate surface area is 189 Å². The second kappa shape index (κ2) is 22.9. The summed E-state index contributed by atoms with van der Waals surface area (Å²) in [5.41, 5.74) is 1.39. The van der Waals surface area contributed by atoms with Gasteiger partial charge in [0, 0.05) is 6.54 Å². The molecule has 0 spiro atoms. The summed E-state index contributed by atoms with van der Waals surface area (Å²) in [7, 11) is 0. The number of hydrogen-bond acceptors (Lipinski definition) is 1. The van der Waals surface area contributed by atoms with Gasteiger partial charge in [-0.05, 0) is 18.5 Å². The Balaban J connectivity index is 1.65. The number of rotatable bonds is 23.